The number of oxazole rings is 1. The number of hydrogen-bond acceptors (Lipinski definition) is 4. The minimum absolute atomic E-state index is 0.0693. The van der Waals surface area contributed by atoms with E-state index in [9.17, 15) is 9.59 Å². The summed E-state index contributed by atoms with van der Waals surface area (Å²) in [6, 6.07) is 21.3. The summed E-state index contributed by atoms with van der Waals surface area (Å²) in [6.45, 7) is 1.69. The molecule has 0 unspecified atom stereocenters. The standard InChI is InChI=1S/C26H25N3O3/c30-24(11-14-27-25(31)21-10-9-18-5-1-2-6-20(18)17-21)29-15-12-19(13-16-29)26-28-22-7-3-4-8-23(22)32-26/h1-10,17,19H,11-16H2,(H,27,31). The number of amides is 2. The number of para-hydroxylation sites is 2. The molecule has 0 atom stereocenters. The van der Waals surface area contributed by atoms with Crippen LogP contribution in [0.2, 0.25) is 0 Å². The Kier molecular flexibility index (Phi) is 5.58. The average molecular weight is 428 g/mol. The van der Waals surface area contributed by atoms with Crippen LogP contribution in [0, 0.1) is 0 Å². The Hall–Kier alpha value is -3.67. The van der Waals surface area contributed by atoms with Crippen LogP contribution in [-0.2, 0) is 4.79 Å². The number of hydrogen-bond donors (Lipinski definition) is 1. The zero-order chi connectivity index (χ0) is 21.9. The van der Waals surface area contributed by atoms with Gasteiger partial charge >= 0.3 is 0 Å². The van der Waals surface area contributed by atoms with Gasteiger partial charge in [0, 0.05) is 37.5 Å². The fourth-order valence-electron chi connectivity index (χ4n) is 4.31. The van der Waals surface area contributed by atoms with Crippen molar-refractivity contribution in [2.75, 3.05) is 19.6 Å². The van der Waals surface area contributed by atoms with E-state index in [1.807, 2.05) is 71.6 Å². The van der Waals surface area contributed by atoms with Crippen molar-refractivity contribution in [2.45, 2.75) is 25.2 Å². The van der Waals surface area contributed by atoms with Crippen molar-refractivity contribution < 1.29 is 14.0 Å². The lowest BCUT2D eigenvalue weighted by molar-refractivity contribution is -0.132. The molecule has 0 aliphatic carbocycles. The number of fused-ring (bicyclic) bond motifs is 2. The highest BCUT2D eigenvalue weighted by atomic mass is 16.3. The number of carbonyl (C=O) groups is 2. The second-order valence-electron chi connectivity index (χ2n) is 8.24. The lowest BCUT2D eigenvalue weighted by Crippen LogP contribution is -2.39. The van der Waals surface area contributed by atoms with Gasteiger partial charge in [0.15, 0.2) is 11.5 Å². The van der Waals surface area contributed by atoms with Crippen LogP contribution >= 0.6 is 0 Å². The van der Waals surface area contributed by atoms with Crippen LogP contribution in [0.1, 0.15) is 41.4 Å². The minimum Gasteiger partial charge on any atom is -0.440 e. The normalized spacial score (nSPS) is 14.7. The van der Waals surface area contributed by atoms with Crippen molar-refractivity contribution >= 4 is 33.7 Å². The number of rotatable bonds is 5. The van der Waals surface area contributed by atoms with Gasteiger partial charge in [-0.25, -0.2) is 4.98 Å². The number of piperidine rings is 1. The van der Waals surface area contributed by atoms with Crippen molar-refractivity contribution in [1.82, 2.24) is 15.2 Å². The predicted molar refractivity (Wildman–Crippen MR) is 123 cm³/mol. The number of carbonyl (C=O) groups excluding carboxylic acids is 2. The molecule has 0 saturated carbocycles. The highest BCUT2D eigenvalue weighted by Gasteiger charge is 2.26. The maximum absolute atomic E-state index is 12.6. The summed E-state index contributed by atoms with van der Waals surface area (Å²) in [7, 11) is 0. The topological polar surface area (TPSA) is 75.4 Å². The number of nitrogens with zero attached hydrogens (tertiary/aromatic N) is 2. The Morgan fingerprint density at radius 1 is 0.969 bits per heavy atom. The van der Waals surface area contributed by atoms with E-state index in [1.165, 1.54) is 0 Å². The number of nitrogens with one attached hydrogen (secondary N) is 1. The first-order chi connectivity index (χ1) is 15.7. The van der Waals surface area contributed by atoms with Gasteiger partial charge in [0.05, 0.1) is 0 Å². The van der Waals surface area contributed by atoms with Gasteiger partial charge in [-0.05, 0) is 47.9 Å². The lowest BCUT2D eigenvalue weighted by Gasteiger charge is -2.30. The molecule has 1 N–H and O–H groups in total. The summed E-state index contributed by atoms with van der Waals surface area (Å²) >= 11 is 0. The molecule has 6 nitrogen and oxygen atoms in total. The van der Waals surface area contributed by atoms with Gasteiger partial charge in [-0.2, -0.15) is 0 Å². The van der Waals surface area contributed by atoms with Gasteiger partial charge in [0.2, 0.25) is 5.91 Å². The first-order valence-electron chi connectivity index (χ1n) is 11.1. The van der Waals surface area contributed by atoms with Crippen LogP contribution in [-0.4, -0.2) is 41.3 Å². The lowest BCUT2D eigenvalue weighted by atomic mass is 9.96. The van der Waals surface area contributed by atoms with E-state index >= 15 is 0 Å². The van der Waals surface area contributed by atoms with Crippen LogP contribution in [0.3, 0.4) is 0 Å². The maximum Gasteiger partial charge on any atom is 0.251 e. The summed E-state index contributed by atoms with van der Waals surface area (Å²) < 4.78 is 5.90. The highest BCUT2D eigenvalue weighted by Crippen LogP contribution is 2.30. The second-order valence-corrected chi connectivity index (χ2v) is 8.24. The molecule has 1 aromatic heterocycles. The Bertz CT molecular complexity index is 1240. The average Bonchev–Trinajstić information content (AvgIpc) is 3.28. The molecule has 1 saturated heterocycles. The predicted octanol–water partition coefficient (Wildman–Crippen LogP) is 4.51. The molecule has 3 aromatic carbocycles. The molecule has 162 valence electrons. The number of benzene rings is 3. The first kappa shape index (κ1) is 20.2. The zero-order valence-corrected chi connectivity index (χ0v) is 17.8. The van der Waals surface area contributed by atoms with Crippen molar-refractivity contribution in [1.29, 1.82) is 0 Å². The molecule has 1 aliphatic rings. The van der Waals surface area contributed by atoms with Gasteiger partial charge in [-0.15, -0.1) is 0 Å². The van der Waals surface area contributed by atoms with E-state index in [0.717, 1.165) is 40.6 Å². The summed E-state index contributed by atoms with van der Waals surface area (Å²) in [5, 5.41) is 5.00. The molecule has 0 radical (unpaired) electrons. The van der Waals surface area contributed by atoms with Crippen LogP contribution in [0.4, 0.5) is 0 Å². The van der Waals surface area contributed by atoms with E-state index < -0.39 is 0 Å². The van der Waals surface area contributed by atoms with E-state index in [2.05, 4.69) is 10.3 Å². The zero-order valence-electron chi connectivity index (χ0n) is 17.8. The second kappa shape index (κ2) is 8.83. The SMILES string of the molecule is O=C(NCCC(=O)N1CCC(c2nc3ccccc3o2)CC1)c1ccc2ccccc2c1. The van der Waals surface area contributed by atoms with E-state index in [4.69, 9.17) is 4.42 Å². The van der Waals surface area contributed by atoms with Gasteiger partial charge in [0.25, 0.3) is 5.91 Å². The van der Waals surface area contributed by atoms with Crippen molar-refractivity contribution in [3.8, 4) is 0 Å². The summed E-state index contributed by atoms with van der Waals surface area (Å²) in [5.74, 6) is 0.915. The van der Waals surface area contributed by atoms with Crippen LogP contribution in [0.15, 0.2) is 71.1 Å². The van der Waals surface area contributed by atoms with Crippen molar-refractivity contribution in [3.05, 3.63) is 78.2 Å². The first-order valence-corrected chi connectivity index (χ1v) is 11.1. The molecule has 6 heteroatoms. The Balaban J connectivity index is 1.10. The van der Waals surface area contributed by atoms with Gasteiger partial charge in [0.1, 0.15) is 5.52 Å². The van der Waals surface area contributed by atoms with E-state index in [0.29, 0.717) is 31.6 Å². The highest BCUT2D eigenvalue weighted by molar-refractivity contribution is 5.98. The largest absolute Gasteiger partial charge is 0.440 e. The van der Waals surface area contributed by atoms with Gasteiger partial charge in [-0.1, -0.05) is 42.5 Å². The third-order valence-electron chi connectivity index (χ3n) is 6.14. The number of likely N-dealkylation sites (tertiary alicyclic amines) is 1. The Morgan fingerprint density at radius 3 is 2.53 bits per heavy atom. The van der Waals surface area contributed by atoms with Crippen molar-refractivity contribution in [2.24, 2.45) is 0 Å². The molecular formula is C26H25N3O3. The molecule has 4 aromatic rings. The molecule has 2 heterocycles. The molecule has 2 amide bonds. The summed E-state index contributed by atoms with van der Waals surface area (Å²) in [4.78, 5) is 31.6. The molecule has 1 aliphatic heterocycles. The van der Waals surface area contributed by atoms with Crippen LogP contribution < -0.4 is 5.32 Å². The molecule has 32 heavy (non-hydrogen) atoms. The maximum atomic E-state index is 12.6. The molecule has 0 bridgehead atoms. The Labute approximate surface area is 186 Å². The smallest absolute Gasteiger partial charge is 0.251 e. The summed E-state index contributed by atoms with van der Waals surface area (Å²) in [6.07, 6.45) is 1.97. The quantitative estimate of drug-likeness (QED) is 0.509. The fraction of sp³-hybridized carbons (Fsp3) is 0.269. The van der Waals surface area contributed by atoms with Crippen LogP contribution in [0.5, 0.6) is 0 Å². The summed E-state index contributed by atoms with van der Waals surface area (Å²) in [5.41, 5.74) is 2.29. The molecular weight excluding hydrogens is 402 g/mol. The van der Waals surface area contributed by atoms with Gasteiger partial charge < -0.3 is 14.6 Å². The minimum atomic E-state index is -0.154. The molecule has 1 fully saturated rings. The van der Waals surface area contributed by atoms with E-state index in [1.54, 1.807) is 0 Å². The Morgan fingerprint density at radius 2 is 1.72 bits per heavy atom. The third-order valence-corrected chi connectivity index (χ3v) is 6.14. The monoisotopic (exact) mass is 427 g/mol. The van der Waals surface area contributed by atoms with Crippen molar-refractivity contribution in [3.63, 3.8) is 0 Å². The van der Waals surface area contributed by atoms with Gasteiger partial charge in [-0.3, -0.25) is 9.59 Å². The fourth-order valence-corrected chi connectivity index (χ4v) is 4.31. The third kappa shape index (κ3) is 4.21. The molecule has 5 rings (SSSR count). The van der Waals surface area contributed by atoms with Crippen LogP contribution in [0.25, 0.3) is 21.9 Å². The number of aromatic nitrogens is 1. The molecule has 0 spiro atoms. The van der Waals surface area contributed by atoms with E-state index in [-0.39, 0.29) is 17.7 Å².